The fraction of sp³-hybridized carbons (Fsp3) is 0.371. The van der Waals surface area contributed by atoms with Gasteiger partial charge in [-0.1, -0.05) is 6.07 Å². The number of rotatable bonds is 24. The summed E-state index contributed by atoms with van der Waals surface area (Å²) in [6.07, 6.45) is 25.6. The van der Waals surface area contributed by atoms with E-state index in [1.165, 1.54) is 34.1 Å². The smallest absolute Gasteiger partial charge is 0.229 e. The lowest BCUT2D eigenvalue weighted by Gasteiger charge is -2.46. The van der Waals surface area contributed by atoms with E-state index < -0.39 is 0 Å². The molecule has 8 aromatic heterocycles. The summed E-state index contributed by atoms with van der Waals surface area (Å²) in [6, 6.07) is 41.0. The molecule has 8 N–H and O–H groups in total. The van der Waals surface area contributed by atoms with Gasteiger partial charge in [-0.2, -0.15) is 19.9 Å². The van der Waals surface area contributed by atoms with Crippen molar-refractivity contribution < 1.29 is 47.0 Å². The monoisotopic (exact) mass is 1810 g/mol. The molecular formula is C97H105N27O10. The second-order valence-electron chi connectivity index (χ2n) is 35.6. The van der Waals surface area contributed by atoms with Crippen molar-refractivity contribution in [1.82, 2.24) is 54.8 Å². The fourth-order valence-electron chi connectivity index (χ4n) is 18.0. The van der Waals surface area contributed by atoms with E-state index in [2.05, 4.69) is 173 Å². The van der Waals surface area contributed by atoms with Crippen LogP contribution in [0.5, 0.6) is 23.0 Å². The van der Waals surface area contributed by atoms with Gasteiger partial charge in [0.1, 0.15) is 78.5 Å². The van der Waals surface area contributed by atoms with Gasteiger partial charge in [-0.05, 0) is 158 Å². The van der Waals surface area contributed by atoms with Crippen molar-refractivity contribution >= 4 is 139 Å². The molecule has 8 fully saturated rings. The number of piperazine rings is 4. The molecule has 0 bridgehead atoms. The summed E-state index contributed by atoms with van der Waals surface area (Å²) in [4.78, 5) is 115. The van der Waals surface area contributed by atoms with Gasteiger partial charge in [-0.15, -0.1) is 0 Å². The molecule has 134 heavy (non-hydrogen) atoms. The first kappa shape index (κ1) is 85.4. The van der Waals surface area contributed by atoms with E-state index in [1.807, 2.05) is 91.3 Å². The number of hydrogen-bond donors (Lipinski definition) is 8. The summed E-state index contributed by atoms with van der Waals surface area (Å²) in [7, 11) is 0. The highest BCUT2D eigenvalue weighted by atomic mass is 16.5. The molecule has 0 amide bonds. The van der Waals surface area contributed by atoms with E-state index in [-0.39, 0.29) is 41.3 Å². The van der Waals surface area contributed by atoms with Gasteiger partial charge in [0.05, 0.1) is 93.5 Å². The largest absolute Gasteiger partial charge is 0.489 e. The Kier molecular flexibility index (Phi) is 23.9. The molecule has 4 aromatic carbocycles. The minimum absolute atomic E-state index is 0.0462. The number of hydrogen-bond acceptors (Lipinski definition) is 37. The van der Waals surface area contributed by atoms with E-state index in [1.54, 1.807) is 43.4 Å². The topological polar surface area (TPSA) is 395 Å². The molecule has 12 aromatic rings. The highest BCUT2D eigenvalue weighted by Gasteiger charge is 2.40. The van der Waals surface area contributed by atoms with Crippen LogP contribution < -0.4 is 101 Å². The number of benzene rings is 4. The van der Waals surface area contributed by atoms with Crippen LogP contribution >= 0.6 is 0 Å². The van der Waals surface area contributed by atoms with Crippen LogP contribution in [-0.4, -0.2) is 231 Å². The molecule has 4 aliphatic carbocycles. The van der Waals surface area contributed by atoms with E-state index in [9.17, 15) is 19.2 Å². The Morgan fingerprint density at radius 1 is 0.336 bits per heavy atom. The lowest BCUT2D eigenvalue weighted by atomic mass is 10.1. The van der Waals surface area contributed by atoms with Gasteiger partial charge in [-0.3, -0.25) is 24.2 Å². The lowest BCUT2D eigenvalue weighted by molar-refractivity contribution is 0.100. The van der Waals surface area contributed by atoms with Crippen molar-refractivity contribution in [2.45, 2.75) is 127 Å². The van der Waals surface area contributed by atoms with Gasteiger partial charge >= 0.3 is 0 Å². The molecule has 8 aliphatic heterocycles. The number of anilines is 20. The Labute approximate surface area is 773 Å². The van der Waals surface area contributed by atoms with Gasteiger partial charge in [0, 0.05) is 193 Å². The van der Waals surface area contributed by atoms with E-state index in [0.29, 0.717) is 126 Å². The van der Waals surface area contributed by atoms with Crippen molar-refractivity contribution in [2.75, 3.05) is 187 Å². The van der Waals surface area contributed by atoms with Crippen LogP contribution in [0, 0.1) is 0 Å². The van der Waals surface area contributed by atoms with Gasteiger partial charge < -0.3 is 110 Å². The third-order valence-electron chi connectivity index (χ3n) is 25.6. The van der Waals surface area contributed by atoms with Gasteiger partial charge in [0.25, 0.3) is 0 Å². The van der Waals surface area contributed by atoms with E-state index >= 15 is 0 Å². The number of ketones is 4. The molecule has 12 aliphatic rings. The number of ether oxygens (including phenoxy) is 4. The number of carbonyl (C=O) groups excluding carboxylic acids is 4. The van der Waals surface area contributed by atoms with E-state index in [4.69, 9.17) is 27.8 Å². The molecule has 4 atom stereocenters. The zero-order valence-corrected chi connectivity index (χ0v) is 74.9. The Hall–Kier alpha value is -15.3. The minimum atomic E-state index is -0.0511. The number of furan rings is 1. The zero-order chi connectivity index (χ0) is 90.9. The summed E-state index contributed by atoms with van der Waals surface area (Å²) >= 11 is 0. The van der Waals surface area contributed by atoms with Crippen molar-refractivity contribution in [2.24, 2.45) is 0 Å². The SMILES string of the molecule is CC(=O)c1cnc(Nc2ccc3c(c2)OCC2CN(c4ccccn4)CCN32)nc1NC1CC1.CC(=O)c1cnc(Nc2ccc3c(c2)OCC2CN(c4cccnc4)CCN32)nc1NC1CC1.CC(=O)c1cnc(Nc2ccc3c(c2)OCC2CN(c4ccco4)CCN32)nc1NC1CC1.CC(=O)c1cnc(Nc2ccc3c(c2)OCC2CN(c4cnco4)CCN32)nc1NC1CC1. The summed E-state index contributed by atoms with van der Waals surface area (Å²) < 4.78 is 35.6. The molecule has 16 heterocycles. The van der Waals surface area contributed by atoms with Crippen LogP contribution in [0.25, 0.3) is 0 Å². The number of carbonyl (C=O) groups is 4. The zero-order valence-electron chi connectivity index (χ0n) is 74.9. The van der Waals surface area contributed by atoms with E-state index in [0.717, 1.165) is 222 Å². The standard InChI is InChI=1S/2C25H27N7O2.C24H26N6O3.C23H25N7O3/c1-16(33)21-13-27-25(30-24(21)28-17-4-5-17)29-18-6-7-22-23(11-18)34-15-20-14-31(9-10-32(20)22)19-3-2-8-26-12-19;1-16(33)20-13-27-25(30-24(20)28-17-5-6-17)29-18-7-8-21-22(12-18)34-15-19-14-31(10-11-32(19)21)23-4-2-3-9-26-23;1-15(31)19-12-25-24(28-23(19)26-16-4-5-16)27-17-6-7-20-21(11-17)33-14-18-13-29(8-9-30(18)20)22-3-2-10-32-22;1-14(31)18-9-25-23(28-22(18)26-15-2-3-15)27-16-4-5-19-20(8-16)32-12-17-11-29(6-7-30(17)19)21-10-24-13-33-21/h2-3,6-8,11-13,17,20H,4-5,9-10,14-15H2,1H3,(H2,27,28,29,30);2-4,7-9,12-13,17,19H,5-6,10-11,14-15H2,1H3,(H2,27,28,29,30);2-3,6-7,10-12,16,18H,4-5,8-9,13-14H2,1H3,(H2,25,26,27,28);4-5,8-10,13,15,17H,2-3,6-7,11-12H2,1H3,(H2,25,26,27,28). The maximum atomic E-state index is 11.9. The van der Waals surface area contributed by atoms with Crippen molar-refractivity contribution in [3.63, 3.8) is 0 Å². The van der Waals surface area contributed by atoms with Crippen LogP contribution in [-0.2, 0) is 0 Å². The van der Waals surface area contributed by atoms with Gasteiger partial charge in [0.15, 0.2) is 35.4 Å². The second kappa shape index (κ2) is 37.5. The molecule has 4 saturated carbocycles. The summed E-state index contributed by atoms with van der Waals surface area (Å²) in [5, 5.41) is 26.4. The van der Waals surface area contributed by atoms with Crippen LogP contribution in [0.3, 0.4) is 0 Å². The molecule has 688 valence electrons. The second-order valence-corrected chi connectivity index (χ2v) is 35.6. The highest BCUT2D eigenvalue weighted by Crippen LogP contribution is 2.45. The first-order valence-electron chi connectivity index (χ1n) is 46.1. The minimum Gasteiger partial charge on any atom is -0.489 e. The number of aromatic nitrogens is 11. The maximum Gasteiger partial charge on any atom is 0.229 e. The Balaban J connectivity index is 0.000000107. The molecule has 0 radical (unpaired) electrons. The van der Waals surface area contributed by atoms with Crippen LogP contribution in [0.2, 0.25) is 0 Å². The van der Waals surface area contributed by atoms with Crippen molar-refractivity contribution in [1.29, 1.82) is 0 Å². The number of Topliss-reactive ketones (excluding diaryl/α,β-unsaturated/α-hetero) is 4. The molecule has 4 unspecified atom stereocenters. The van der Waals surface area contributed by atoms with Gasteiger partial charge in [0.2, 0.25) is 29.7 Å². The van der Waals surface area contributed by atoms with Crippen LogP contribution in [0.1, 0.15) is 120 Å². The van der Waals surface area contributed by atoms with Gasteiger partial charge in [-0.25, -0.2) is 29.9 Å². The highest BCUT2D eigenvalue weighted by molar-refractivity contribution is 6.01. The number of nitrogens with zero attached hydrogens (tertiary/aromatic N) is 19. The molecule has 0 spiro atoms. The number of nitrogens with one attached hydrogen (secondary N) is 8. The predicted octanol–water partition coefficient (Wildman–Crippen LogP) is 13.7. The summed E-state index contributed by atoms with van der Waals surface area (Å²) in [6.45, 7) is 19.3. The van der Waals surface area contributed by atoms with Crippen LogP contribution in [0.15, 0.2) is 186 Å². The maximum absolute atomic E-state index is 11.9. The Morgan fingerprint density at radius 3 is 1.03 bits per heavy atom. The average Bonchev–Trinajstić information content (AvgIpc) is 0.853. The Morgan fingerprint density at radius 2 is 0.701 bits per heavy atom. The van der Waals surface area contributed by atoms with Crippen LogP contribution in [0.4, 0.5) is 116 Å². The summed E-state index contributed by atoms with van der Waals surface area (Å²) in [5.74, 6) is 10.1. The number of pyridine rings is 2. The number of oxazole rings is 1. The molecular weight excluding hydrogens is 1700 g/mol. The molecule has 24 rings (SSSR count). The molecule has 37 heteroatoms. The fourth-order valence-corrected chi connectivity index (χ4v) is 18.0. The number of fused-ring (bicyclic) bond motifs is 12. The first-order chi connectivity index (χ1) is 65.5. The normalized spacial score (nSPS) is 19.2. The summed E-state index contributed by atoms with van der Waals surface area (Å²) in [5.41, 5.74) is 11.0. The first-order valence-corrected chi connectivity index (χ1v) is 46.1. The van der Waals surface area contributed by atoms with Crippen molar-refractivity contribution in [3.05, 3.63) is 200 Å². The molecule has 4 saturated heterocycles. The average molecular weight is 1810 g/mol. The molecule has 37 nitrogen and oxygen atoms in total. The van der Waals surface area contributed by atoms with Crippen molar-refractivity contribution in [3.8, 4) is 23.0 Å². The lowest BCUT2D eigenvalue weighted by Crippen LogP contribution is -2.57. The predicted molar refractivity (Wildman–Crippen MR) is 513 cm³/mol. The third-order valence-corrected chi connectivity index (χ3v) is 25.6. The third kappa shape index (κ3) is 19.5. The quantitative estimate of drug-likeness (QED) is 0.0260. The Bertz CT molecular complexity index is 5910.